The van der Waals surface area contributed by atoms with E-state index in [1.165, 1.54) is 16.9 Å². The van der Waals surface area contributed by atoms with Crippen molar-refractivity contribution in [3.8, 4) is 0 Å². The minimum Gasteiger partial charge on any atom is -0.480 e. The second-order valence-electron chi connectivity index (χ2n) is 5.11. The average molecular weight is 340 g/mol. The van der Waals surface area contributed by atoms with E-state index in [0.29, 0.717) is 24.5 Å². The van der Waals surface area contributed by atoms with Crippen molar-refractivity contribution in [3.63, 3.8) is 0 Å². The Kier molecular flexibility index (Phi) is 5.38. The van der Waals surface area contributed by atoms with Gasteiger partial charge in [0.2, 0.25) is 0 Å². The molecule has 0 radical (unpaired) electrons. The van der Waals surface area contributed by atoms with Gasteiger partial charge in [0, 0.05) is 19.3 Å². The lowest BCUT2D eigenvalue weighted by Crippen LogP contribution is -2.26. The van der Waals surface area contributed by atoms with Crippen LogP contribution in [0.2, 0.25) is 5.02 Å². The molecule has 0 aliphatic carbocycles. The molecule has 2 heterocycles. The molecule has 0 saturated carbocycles. The van der Waals surface area contributed by atoms with Gasteiger partial charge in [0.15, 0.2) is 0 Å². The second-order valence-corrected chi connectivity index (χ2v) is 5.49. The Morgan fingerprint density at radius 2 is 2.09 bits per heavy atom. The van der Waals surface area contributed by atoms with Crippen LogP contribution in [0, 0.1) is 13.8 Å². The molecule has 0 fully saturated rings. The van der Waals surface area contributed by atoms with E-state index in [2.05, 4.69) is 15.5 Å². The zero-order valence-electron chi connectivity index (χ0n) is 12.9. The maximum Gasteiger partial charge on any atom is 0.325 e. The Morgan fingerprint density at radius 3 is 2.70 bits per heavy atom. The van der Waals surface area contributed by atoms with E-state index in [0.717, 1.165) is 11.4 Å². The predicted octanol–water partition coefficient (Wildman–Crippen LogP) is 1.25. The molecule has 0 bridgehead atoms. The first kappa shape index (κ1) is 17.0. The first-order valence-electron chi connectivity index (χ1n) is 7.11. The standard InChI is InChI=1S/C14H18ClN5O3/c1-9-13(15)10(2)20(17-9)6-3-5-16-14(23)11-4-7-19(18-11)8-12(21)22/h4,7H,3,5-6,8H2,1-2H3,(H,16,23)(H,21,22). The molecule has 0 unspecified atom stereocenters. The fourth-order valence-corrected chi connectivity index (χ4v) is 2.26. The fraction of sp³-hybridized carbons (Fsp3) is 0.429. The van der Waals surface area contributed by atoms with Crippen LogP contribution in [0.15, 0.2) is 12.3 Å². The molecule has 9 heteroatoms. The molecule has 0 saturated heterocycles. The summed E-state index contributed by atoms with van der Waals surface area (Å²) in [5.41, 5.74) is 1.89. The number of nitrogens with one attached hydrogen (secondary N) is 1. The summed E-state index contributed by atoms with van der Waals surface area (Å²) in [5.74, 6) is -1.34. The number of aromatic nitrogens is 4. The number of nitrogens with zero attached hydrogens (tertiary/aromatic N) is 4. The number of carbonyl (C=O) groups is 2. The van der Waals surface area contributed by atoms with Gasteiger partial charge in [-0.15, -0.1) is 0 Å². The van der Waals surface area contributed by atoms with Crippen LogP contribution in [0.3, 0.4) is 0 Å². The third kappa shape index (κ3) is 4.32. The topological polar surface area (TPSA) is 102 Å². The number of aliphatic carboxylic acids is 1. The predicted molar refractivity (Wildman–Crippen MR) is 83.5 cm³/mol. The van der Waals surface area contributed by atoms with Gasteiger partial charge in [-0.2, -0.15) is 10.2 Å². The lowest BCUT2D eigenvalue weighted by atomic mass is 10.3. The Labute approximate surface area is 138 Å². The first-order valence-corrected chi connectivity index (χ1v) is 7.49. The lowest BCUT2D eigenvalue weighted by Gasteiger charge is -2.05. The maximum absolute atomic E-state index is 11.9. The quantitative estimate of drug-likeness (QED) is 0.739. The van der Waals surface area contributed by atoms with Gasteiger partial charge < -0.3 is 10.4 Å². The summed E-state index contributed by atoms with van der Waals surface area (Å²) in [6.07, 6.45) is 2.15. The van der Waals surface area contributed by atoms with Gasteiger partial charge in [-0.1, -0.05) is 11.6 Å². The Bertz CT molecular complexity index is 722. The van der Waals surface area contributed by atoms with Gasteiger partial charge >= 0.3 is 5.97 Å². The van der Waals surface area contributed by atoms with Gasteiger partial charge in [-0.25, -0.2) is 0 Å². The van der Waals surface area contributed by atoms with Crippen molar-refractivity contribution in [1.29, 1.82) is 0 Å². The highest BCUT2D eigenvalue weighted by Crippen LogP contribution is 2.18. The summed E-state index contributed by atoms with van der Waals surface area (Å²) < 4.78 is 3.01. The molecule has 2 aromatic rings. The third-order valence-corrected chi connectivity index (χ3v) is 3.84. The van der Waals surface area contributed by atoms with Crippen LogP contribution >= 0.6 is 11.6 Å². The van der Waals surface area contributed by atoms with E-state index in [1.807, 2.05) is 18.5 Å². The van der Waals surface area contributed by atoms with Crippen LogP contribution in [0.1, 0.15) is 28.3 Å². The summed E-state index contributed by atoms with van der Waals surface area (Å²) in [6, 6.07) is 1.49. The largest absolute Gasteiger partial charge is 0.480 e. The number of carbonyl (C=O) groups excluding carboxylic acids is 1. The number of hydrogen-bond acceptors (Lipinski definition) is 4. The maximum atomic E-state index is 11.9. The van der Waals surface area contributed by atoms with E-state index in [9.17, 15) is 9.59 Å². The van der Waals surface area contributed by atoms with E-state index in [-0.39, 0.29) is 18.1 Å². The zero-order chi connectivity index (χ0) is 17.0. The smallest absolute Gasteiger partial charge is 0.325 e. The zero-order valence-corrected chi connectivity index (χ0v) is 13.7. The van der Waals surface area contributed by atoms with E-state index in [4.69, 9.17) is 16.7 Å². The van der Waals surface area contributed by atoms with Crippen molar-refractivity contribution < 1.29 is 14.7 Å². The van der Waals surface area contributed by atoms with E-state index in [1.54, 1.807) is 0 Å². The fourth-order valence-electron chi connectivity index (χ4n) is 2.12. The number of carboxylic acids is 1. The Hall–Kier alpha value is -2.35. The van der Waals surface area contributed by atoms with Crippen molar-refractivity contribution in [2.24, 2.45) is 0 Å². The van der Waals surface area contributed by atoms with Crippen LogP contribution < -0.4 is 5.32 Å². The first-order chi connectivity index (χ1) is 10.9. The van der Waals surface area contributed by atoms with Gasteiger partial charge in [0.1, 0.15) is 12.2 Å². The van der Waals surface area contributed by atoms with Gasteiger partial charge in [-0.3, -0.25) is 19.0 Å². The SMILES string of the molecule is Cc1nn(CCCNC(=O)c2ccn(CC(=O)O)n2)c(C)c1Cl. The number of rotatable bonds is 7. The normalized spacial score (nSPS) is 10.7. The molecule has 2 rings (SSSR count). The summed E-state index contributed by atoms with van der Waals surface area (Å²) in [7, 11) is 0. The molecule has 0 spiro atoms. The van der Waals surface area contributed by atoms with Crippen molar-refractivity contribution in [3.05, 3.63) is 34.4 Å². The molecule has 0 atom stereocenters. The number of carboxylic acid groups (broad SMARTS) is 1. The number of aryl methyl sites for hydroxylation is 2. The lowest BCUT2D eigenvalue weighted by molar-refractivity contribution is -0.137. The summed E-state index contributed by atoms with van der Waals surface area (Å²) in [4.78, 5) is 22.5. The molecule has 8 nitrogen and oxygen atoms in total. The molecule has 124 valence electrons. The average Bonchev–Trinajstić information content (AvgIpc) is 3.04. The third-order valence-electron chi connectivity index (χ3n) is 3.30. The number of hydrogen-bond donors (Lipinski definition) is 2. The summed E-state index contributed by atoms with van der Waals surface area (Å²) in [5, 5.41) is 20.3. The molecule has 2 N–H and O–H groups in total. The molecule has 0 aromatic carbocycles. The Morgan fingerprint density at radius 1 is 1.35 bits per heavy atom. The van der Waals surface area contributed by atoms with Gasteiger partial charge in [-0.05, 0) is 26.3 Å². The highest BCUT2D eigenvalue weighted by Gasteiger charge is 2.11. The van der Waals surface area contributed by atoms with Crippen molar-refractivity contribution in [2.45, 2.75) is 33.4 Å². The van der Waals surface area contributed by atoms with Crippen LogP contribution in [0.4, 0.5) is 0 Å². The minimum absolute atomic E-state index is 0.195. The van der Waals surface area contributed by atoms with E-state index >= 15 is 0 Å². The van der Waals surface area contributed by atoms with Crippen LogP contribution in [-0.2, 0) is 17.9 Å². The van der Waals surface area contributed by atoms with E-state index < -0.39 is 5.97 Å². The molecule has 2 aromatic heterocycles. The van der Waals surface area contributed by atoms with Crippen LogP contribution in [0.5, 0.6) is 0 Å². The minimum atomic E-state index is -1.01. The molecule has 23 heavy (non-hydrogen) atoms. The van der Waals surface area contributed by atoms with Crippen LogP contribution in [0.25, 0.3) is 0 Å². The van der Waals surface area contributed by atoms with Crippen molar-refractivity contribution in [2.75, 3.05) is 6.54 Å². The Balaban J connectivity index is 1.79. The van der Waals surface area contributed by atoms with Crippen LogP contribution in [-0.4, -0.2) is 43.1 Å². The molecule has 1 amide bonds. The number of amides is 1. The highest BCUT2D eigenvalue weighted by molar-refractivity contribution is 6.31. The van der Waals surface area contributed by atoms with Crippen molar-refractivity contribution >= 4 is 23.5 Å². The van der Waals surface area contributed by atoms with Gasteiger partial charge in [0.05, 0.1) is 16.4 Å². The molecule has 0 aliphatic rings. The number of halogens is 1. The molecular formula is C14H18ClN5O3. The monoisotopic (exact) mass is 339 g/mol. The molecular weight excluding hydrogens is 322 g/mol. The highest BCUT2D eigenvalue weighted by atomic mass is 35.5. The molecule has 0 aliphatic heterocycles. The summed E-state index contributed by atoms with van der Waals surface area (Å²) >= 11 is 6.07. The second kappa shape index (κ2) is 7.28. The van der Waals surface area contributed by atoms with Crippen molar-refractivity contribution in [1.82, 2.24) is 24.9 Å². The van der Waals surface area contributed by atoms with Gasteiger partial charge in [0.25, 0.3) is 5.91 Å². The summed E-state index contributed by atoms with van der Waals surface area (Å²) in [6.45, 7) is 4.58.